The fraction of sp³-hybridized carbons (Fsp3) is 0.368. The van der Waals surface area contributed by atoms with Gasteiger partial charge in [-0.1, -0.05) is 56.5 Å². The second-order valence-electron chi connectivity index (χ2n) is 6.44. The number of Topliss-reactive ketones (excluding diaryl/α,β-unsaturated/α-hetero) is 1. The average Bonchev–Trinajstić information content (AvgIpc) is 2.56. The molecular formula is C19H22N2O. The van der Waals surface area contributed by atoms with Crippen molar-refractivity contribution in [3.05, 3.63) is 48.2 Å². The molecule has 0 radical (unpaired) electrons. The van der Waals surface area contributed by atoms with E-state index in [1.54, 1.807) is 12.3 Å². The first kappa shape index (κ1) is 14.8. The van der Waals surface area contributed by atoms with Crippen molar-refractivity contribution in [1.82, 2.24) is 4.98 Å². The number of nitrogens with two attached hydrogens (primary N) is 1. The molecule has 1 fully saturated rings. The molecule has 3 rings (SSSR count). The highest BCUT2D eigenvalue weighted by Gasteiger charge is 2.36. The van der Waals surface area contributed by atoms with Gasteiger partial charge in [0.2, 0.25) is 0 Å². The van der Waals surface area contributed by atoms with Gasteiger partial charge in [0.25, 0.3) is 0 Å². The van der Waals surface area contributed by atoms with Gasteiger partial charge in [0.05, 0.1) is 11.4 Å². The Labute approximate surface area is 131 Å². The summed E-state index contributed by atoms with van der Waals surface area (Å²) < 4.78 is 0. The summed E-state index contributed by atoms with van der Waals surface area (Å²) in [6.45, 7) is 2.08. The van der Waals surface area contributed by atoms with Gasteiger partial charge < -0.3 is 5.73 Å². The Bertz CT molecular complexity index is 673. The van der Waals surface area contributed by atoms with Crippen LogP contribution in [0.5, 0.6) is 0 Å². The number of hydrogen-bond donors (Lipinski definition) is 1. The molecule has 0 unspecified atom stereocenters. The molecule has 114 valence electrons. The van der Waals surface area contributed by atoms with Crippen LogP contribution in [-0.2, 0) is 0 Å². The summed E-state index contributed by atoms with van der Waals surface area (Å²) in [5.41, 5.74) is 8.80. The zero-order chi connectivity index (χ0) is 15.6. The van der Waals surface area contributed by atoms with E-state index in [1.807, 2.05) is 30.3 Å². The van der Waals surface area contributed by atoms with Crippen LogP contribution in [-0.4, -0.2) is 10.8 Å². The minimum Gasteiger partial charge on any atom is -0.396 e. The summed E-state index contributed by atoms with van der Waals surface area (Å²) in [6, 6.07) is 11.6. The van der Waals surface area contributed by atoms with Crippen LogP contribution < -0.4 is 5.73 Å². The number of rotatable bonds is 3. The molecule has 3 nitrogen and oxygen atoms in total. The Balaban J connectivity index is 2.00. The number of pyridine rings is 1. The number of carbonyl (C=O) groups is 1. The van der Waals surface area contributed by atoms with Crippen molar-refractivity contribution >= 4 is 11.5 Å². The Morgan fingerprint density at radius 1 is 1.09 bits per heavy atom. The van der Waals surface area contributed by atoms with Crippen LogP contribution in [0.2, 0.25) is 0 Å². The molecule has 0 atom stereocenters. The van der Waals surface area contributed by atoms with E-state index in [0.717, 1.165) is 31.2 Å². The molecule has 0 amide bonds. The van der Waals surface area contributed by atoms with Crippen LogP contribution in [0.15, 0.2) is 42.6 Å². The molecule has 1 aromatic heterocycles. The lowest BCUT2D eigenvalue weighted by Gasteiger charge is -2.32. The van der Waals surface area contributed by atoms with Gasteiger partial charge in [0.15, 0.2) is 5.78 Å². The molecule has 22 heavy (non-hydrogen) atoms. The predicted octanol–water partition coefficient (Wildman–Crippen LogP) is 4.48. The molecule has 1 aliphatic carbocycles. The number of benzene rings is 1. The van der Waals surface area contributed by atoms with E-state index in [9.17, 15) is 4.79 Å². The SMILES string of the molecule is CC1(C(=O)c2ccnc(-c3ccccc3)c2N)CCCCC1. The fourth-order valence-corrected chi connectivity index (χ4v) is 3.38. The van der Waals surface area contributed by atoms with Gasteiger partial charge >= 0.3 is 0 Å². The molecular weight excluding hydrogens is 272 g/mol. The number of ketones is 1. The second kappa shape index (κ2) is 5.91. The second-order valence-corrected chi connectivity index (χ2v) is 6.44. The molecule has 2 aromatic rings. The van der Waals surface area contributed by atoms with Crippen LogP contribution >= 0.6 is 0 Å². The van der Waals surface area contributed by atoms with E-state index in [0.29, 0.717) is 16.9 Å². The normalized spacial score (nSPS) is 17.1. The van der Waals surface area contributed by atoms with Gasteiger partial charge in [-0.2, -0.15) is 0 Å². The van der Waals surface area contributed by atoms with Gasteiger partial charge in [-0.3, -0.25) is 9.78 Å². The zero-order valence-corrected chi connectivity index (χ0v) is 13.0. The first-order valence-electron chi connectivity index (χ1n) is 7.96. The summed E-state index contributed by atoms with van der Waals surface area (Å²) in [4.78, 5) is 17.4. The van der Waals surface area contributed by atoms with Crippen molar-refractivity contribution in [1.29, 1.82) is 0 Å². The van der Waals surface area contributed by atoms with Crippen molar-refractivity contribution in [3.63, 3.8) is 0 Å². The largest absolute Gasteiger partial charge is 0.396 e. The molecule has 0 bridgehead atoms. The Morgan fingerprint density at radius 2 is 1.77 bits per heavy atom. The van der Waals surface area contributed by atoms with Crippen LogP contribution in [0.25, 0.3) is 11.3 Å². The Hall–Kier alpha value is -2.16. The van der Waals surface area contributed by atoms with E-state index >= 15 is 0 Å². The van der Waals surface area contributed by atoms with E-state index < -0.39 is 0 Å². The lowest BCUT2D eigenvalue weighted by atomic mass is 9.71. The molecule has 0 spiro atoms. The topological polar surface area (TPSA) is 56.0 Å². The fourth-order valence-electron chi connectivity index (χ4n) is 3.38. The number of anilines is 1. The number of aromatic nitrogens is 1. The summed E-state index contributed by atoms with van der Waals surface area (Å²) in [5, 5.41) is 0. The molecule has 1 heterocycles. The van der Waals surface area contributed by atoms with Gasteiger partial charge in [0, 0.05) is 22.7 Å². The Morgan fingerprint density at radius 3 is 2.45 bits per heavy atom. The molecule has 3 heteroatoms. The van der Waals surface area contributed by atoms with Crippen molar-refractivity contribution in [2.45, 2.75) is 39.0 Å². The van der Waals surface area contributed by atoms with Crippen LogP contribution in [0.3, 0.4) is 0 Å². The van der Waals surface area contributed by atoms with Gasteiger partial charge in [-0.25, -0.2) is 0 Å². The molecule has 0 saturated heterocycles. The number of hydrogen-bond acceptors (Lipinski definition) is 3. The summed E-state index contributed by atoms with van der Waals surface area (Å²) in [7, 11) is 0. The average molecular weight is 294 g/mol. The molecule has 1 aromatic carbocycles. The van der Waals surface area contributed by atoms with Crippen LogP contribution in [0.4, 0.5) is 5.69 Å². The van der Waals surface area contributed by atoms with Gasteiger partial charge in [0.1, 0.15) is 0 Å². The maximum Gasteiger partial charge on any atom is 0.170 e. The minimum absolute atomic E-state index is 0.171. The third-order valence-corrected chi connectivity index (χ3v) is 4.79. The zero-order valence-electron chi connectivity index (χ0n) is 13.0. The standard InChI is InChI=1S/C19H22N2O/c1-19(11-6-3-7-12-19)18(22)15-10-13-21-17(16(15)20)14-8-4-2-5-9-14/h2,4-5,8-10,13H,3,6-7,11-12,20H2,1H3. The smallest absolute Gasteiger partial charge is 0.170 e. The first-order chi connectivity index (χ1) is 10.6. The van der Waals surface area contributed by atoms with Gasteiger partial charge in [-0.15, -0.1) is 0 Å². The molecule has 1 saturated carbocycles. The third kappa shape index (κ3) is 2.63. The summed E-state index contributed by atoms with van der Waals surface area (Å²) in [6.07, 6.45) is 7.07. The van der Waals surface area contributed by atoms with Crippen molar-refractivity contribution in [2.24, 2.45) is 5.41 Å². The van der Waals surface area contributed by atoms with E-state index in [4.69, 9.17) is 5.73 Å². The van der Waals surface area contributed by atoms with E-state index in [2.05, 4.69) is 11.9 Å². The summed E-state index contributed by atoms with van der Waals surface area (Å²) >= 11 is 0. The number of carbonyl (C=O) groups excluding carboxylic acids is 1. The van der Waals surface area contributed by atoms with E-state index in [-0.39, 0.29) is 11.2 Å². The minimum atomic E-state index is -0.276. The highest BCUT2D eigenvalue weighted by Crippen LogP contribution is 2.40. The third-order valence-electron chi connectivity index (χ3n) is 4.79. The molecule has 0 aliphatic heterocycles. The van der Waals surface area contributed by atoms with Crippen LogP contribution in [0, 0.1) is 5.41 Å². The summed E-state index contributed by atoms with van der Waals surface area (Å²) in [5.74, 6) is 0.171. The number of nitrogen functional groups attached to an aromatic ring is 1. The monoisotopic (exact) mass is 294 g/mol. The highest BCUT2D eigenvalue weighted by atomic mass is 16.1. The lowest BCUT2D eigenvalue weighted by molar-refractivity contribution is 0.0750. The molecule has 1 aliphatic rings. The first-order valence-corrected chi connectivity index (χ1v) is 7.96. The predicted molar refractivity (Wildman–Crippen MR) is 89.6 cm³/mol. The van der Waals surface area contributed by atoms with E-state index in [1.165, 1.54) is 6.42 Å². The van der Waals surface area contributed by atoms with Crippen molar-refractivity contribution in [2.75, 3.05) is 5.73 Å². The Kier molecular flexibility index (Phi) is 3.97. The van der Waals surface area contributed by atoms with Gasteiger partial charge in [-0.05, 0) is 18.9 Å². The molecule has 2 N–H and O–H groups in total. The van der Waals surface area contributed by atoms with Crippen molar-refractivity contribution < 1.29 is 4.79 Å². The number of nitrogens with zero attached hydrogens (tertiary/aromatic N) is 1. The van der Waals surface area contributed by atoms with Crippen molar-refractivity contribution in [3.8, 4) is 11.3 Å². The maximum absolute atomic E-state index is 13.0. The lowest BCUT2D eigenvalue weighted by Crippen LogP contribution is -2.31. The maximum atomic E-state index is 13.0. The quantitative estimate of drug-likeness (QED) is 0.849. The van der Waals surface area contributed by atoms with Crippen LogP contribution in [0.1, 0.15) is 49.4 Å². The highest BCUT2D eigenvalue weighted by molar-refractivity contribution is 6.06.